The summed E-state index contributed by atoms with van der Waals surface area (Å²) in [6.07, 6.45) is 0. The van der Waals surface area contributed by atoms with E-state index in [4.69, 9.17) is 0 Å². The predicted octanol–water partition coefficient (Wildman–Crippen LogP) is 4.27. The molecule has 30 heavy (non-hydrogen) atoms. The molecule has 1 amide bonds. The quantitative estimate of drug-likeness (QED) is 0.456. The second kappa shape index (κ2) is 10.8. The van der Waals surface area contributed by atoms with E-state index in [0.29, 0.717) is 31.0 Å². The van der Waals surface area contributed by atoms with Gasteiger partial charge in [-0.2, -0.15) is 4.31 Å². The molecule has 0 atom stereocenters. The maximum Gasteiger partial charge on any atom is 0.243 e. The number of anilines is 3. The van der Waals surface area contributed by atoms with E-state index in [1.807, 2.05) is 32.0 Å². The van der Waals surface area contributed by atoms with Crippen molar-refractivity contribution < 1.29 is 13.2 Å². The van der Waals surface area contributed by atoms with Gasteiger partial charge in [0.25, 0.3) is 0 Å². The van der Waals surface area contributed by atoms with E-state index in [2.05, 4.69) is 31.9 Å². The number of sulfonamides is 1. The largest absolute Gasteiger partial charge is 0.384 e. The van der Waals surface area contributed by atoms with Gasteiger partial charge in [-0.1, -0.05) is 19.9 Å². The van der Waals surface area contributed by atoms with Gasteiger partial charge in [0.1, 0.15) is 0 Å². The first kappa shape index (κ1) is 24.2. The SMILES string of the molecule is CCNc1ccc(S(=O)(=O)N(CC)CC)cc1NCC(=O)Nc1ccc(C)cc1Br. The minimum Gasteiger partial charge on any atom is -0.384 e. The molecule has 0 fully saturated rings. The van der Waals surface area contributed by atoms with Crippen LogP contribution < -0.4 is 16.0 Å². The van der Waals surface area contributed by atoms with Gasteiger partial charge in [0.15, 0.2) is 0 Å². The molecule has 0 bridgehead atoms. The molecule has 2 rings (SSSR count). The van der Waals surface area contributed by atoms with E-state index in [0.717, 1.165) is 15.7 Å². The molecule has 0 aliphatic carbocycles. The Balaban J connectivity index is 2.21. The number of hydrogen-bond donors (Lipinski definition) is 3. The first-order valence-corrected chi connectivity index (χ1v) is 12.1. The van der Waals surface area contributed by atoms with Crippen LogP contribution in [0.4, 0.5) is 17.1 Å². The fourth-order valence-corrected chi connectivity index (χ4v) is 5.06. The van der Waals surface area contributed by atoms with Crippen molar-refractivity contribution in [2.45, 2.75) is 32.6 Å². The van der Waals surface area contributed by atoms with Crippen LogP contribution in [0.2, 0.25) is 0 Å². The molecule has 0 heterocycles. The van der Waals surface area contributed by atoms with Crippen molar-refractivity contribution in [1.29, 1.82) is 0 Å². The third kappa shape index (κ3) is 5.96. The van der Waals surface area contributed by atoms with Gasteiger partial charge in [-0.15, -0.1) is 0 Å². The van der Waals surface area contributed by atoms with Gasteiger partial charge in [0, 0.05) is 24.1 Å². The Morgan fingerprint density at radius 2 is 1.63 bits per heavy atom. The summed E-state index contributed by atoms with van der Waals surface area (Å²) in [6.45, 7) is 8.98. The van der Waals surface area contributed by atoms with Crippen LogP contribution in [0.1, 0.15) is 26.3 Å². The molecule has 2 aromatic carbocycles. The number of carbonyl (C=O) groups is 1. The molecule has 3 N–H and O–H groups in total. The molecule has 0 unspecified atom stereocenters. The van der Waals surface area contributed by atoms with E-state index in [1.165, 1.54) is 4.31 Å². The van der Waals surface area contributed by atoms with Gasteiger partial charge in [-0.05, 0) is 65.7 Å². The minimum absolute atomic E-state index is 0.00647. The van der Waals surface area contributed by atoms with Crippen molar-refractivity contribution in [2.75, 3.05) is 42.1 Å². The fourth-order valence-electron chi connectivity index (χ4n) is 2.98. The molecule has 0 aliphatic heterocycles. The Morgan fingerprint density at radius 3 is 2.23 bits per heavy atom. The van der Waals surface area contributed by atoms with Crippen LogP contribution in [0.25, 0.3) is 0 Å². The van der Waals surface area contributed by atoms with E-state index in [9.17, 15) is 13.2 Å². The molecule has 164 valence electrons. The maximum absolute atomic E-state index is 12.9. The topological polar surface area (TPSA) is 90.5 Å². The number of nitrogens with zero attached hydrogens (tertiary/aromatic N) is 1. The van der Waals surface area contributed by atoms with Crippen LogP contribution in [-0.2, 0) is 14.8 Å². The Bertz CT molecular complexity index is 992. The van der Waals surface area contributed by atoms with Crippen molar-refractivity contribution in [3.05, 3.63) is 46.4 Å². The Hall–Kier alpha value is -2.10. The third-order valence-electron chi connectivity index (χ3n) is 4.54. The number of hydrogen-bond acceptors (Lipinski definition) is 5. The minimum atomic E-state index is -3.59. The standard InChI is InChI=1S/C21H29BrN4O3S/c1-5-23-19-11-9-16(30(28,29)26(6-2)7-3)13-20(19)24-14-21(27)25-18-10-8-15(4)12-17(18)22/h8-13,23-24H,5-7,14H2,1-4H3,(H,25,27). The average molecular weight is 497 g/mol. The number of carbonyl (C=O) groups excluding carboxylic acids is 1. The molecule has 0 aliphatic rings. The normalized spacial score (nSPS) is 11.4. The number of halogens is 1. The van der Waals surface area contributed by atoms with E-state index >= 15 is 0 Å². The van der Waals surface area contributed by atoms with Crippen molar-refractivity contribution in [3.63, 3.8) is 0 Å². The molecule has 0 radical (unpaired) electrons. The molecule has 0 spiro atoms. The van der Waals surface area contributed by atoms with Gasteiger partial charge >= 0.3 is 0 Å². The fraction of sp³-hybridized carbons (Fsp3) is 0.381. The molecule has 2 aromatic rings. The van der Waals surface area contributed by atoms with Crippen molar-refractivity contribution in [1.82, 2.24) is 4.31 Å². The monoisotopic (exact) mass is 496 g/mol. The van der Waals surface area contributed by atoms with Crippen LogP contribution in [0.3, 0.4) is 0 Å². The van der Waals surface area contributed by atoms with Crippen molar-refractivity contribution in [2.24, 2.45) is 0 Å². The van der Waals surface area contributed by atoms with E-state index in [-0.39, 0.29) is 17.3 Å². The molecule has 9 heteroatoms. The van der Waals surface area contributed by atoms with Crippen LogP contribution in [0.15, 0.2) is 45.8 Å². The predicted molar refractivity (Wildman–Crippen MR) is 127 cm³/mol. The Morgan fingerprint density at radius 1 is 0.967 bits per heavy atom. The summed E-state index contributed by atoms with van der Waals surface area (Å²) < 4.78 is 27.9. The molecule has 7 nitrogen and oxygen atoms in total. The van der Waals surface area contributed by atoms with E-state index < -0.39 is 10.0 Å². The lowest BCUT2D eigenvalue weighted by Gasteiger charge is -2.20. The number of aryl methyl sites for hydroxylation is 1. The summed E-state index contributed by atoms with van der Waals surface area (Å²) in [4.78, 5) is 12.6. The lowest BCUT2D eigenvalue weighted by molar-refractivity contribution is -0.114. The highest BCUT2D eigenvalue weighted by molar-refractivity contribution is 9.10. The zero-order chi connectivity index (χ0) is 22.3. The summed E-state index contributed by atoms with van der Waals surface area (Å²) in [6, 6.07) is 10.5. The number of nitrogens with one attached hydrogen (secondary N) is 3. The lowest BCUT2D eigenvalue weighted by Crippen LogP contribution is -2.30. The Kier molecular flexibility index (Phi) is 8.69. The third-order valence-corrected chi connectivity index (χ3v) is 7.24. The molecule has 0 aromatic heterocycles. The van der Waals surface area contributed by atoms with Gasteiger partial charge in [0.05, 0.1) is 28.5 Å². The highest BCUT2D eigenvalue weighted by Crippen LogP contribution is 2.27. The van der Waals surface area contributed by atoms with Gasteiger partial charge in [-0.25, -0.2) is 8.42 Å². The zero-order valence-corrected chi connectivity index (χ0v) is 20.2. The smallest absolute Gasteiger partial charge is 0.243 e. The Labute approximate surface area is 187 Å². The summed E-state index contributed by atoms with van der Waals surface area (Å²) in [5, 5.41) is 9.10. The van der Waals surface area contributed by atoms with Crippen LogP contribution in [-0.4, -0.2) is 44.8 Å². The summed E-state index contributed by atoms with van der Waals surface area (Å²) in [5.41, 5.74) is 3.06. The highest BCUT2D eigenvalue weighted by atomic mass is 79.9. The maximum atomic E-state index is 12.9. The van der Waals surface area contributed by atoms with Crippen molar-refractivity contribution in [3.8, 4) is 0 Å². The molecule has 0 saturated heterocycles. The van der Waals surface area contributed by atoms with Gasteiger partial charge in [-0.3, -0.25) is 4.79 Å². The van der Waals surface area contributed by atoms with E-state index in [1.54, 1.807) is 32.0 Å². The van der Waals surface area contributed by atoms with Crippen LogP contribution in [0, 0.1) is 6.92 Å². The van der Waals surface area contributed by atoms with Crippen LogP contribution in [0.5, 0.6) is 0 Å². The average Bonchev–Trinajstić information content (AvgIpc) is 2.70. The first-order valence-electron chi connectivity index (χ1n) is 9.90. The van der Waals surface area contributed by atoms with Crippen LogP contribution >= 0.6 is 15.9 Å². The summed E-state index contributed by atoms with van der Waals surface area (Å²) in [7, 11) is -3.59. The lowest BCUT2D eigenvalue weighted by atomic mass is 10.2. The van der Waals surface area contributed by atoms with Gasteiger partial charge in [0.2, 0.25) is 15.9 Å². The number of amides is 1. The second-order valence-corrected chi connectivity index (χ2v) is 9.50. The first-order chi connectivity index (χ1) is 14.2. The summed E-state index contributed by atoms with van der Waals surface area (Å²) in [5.74, 6) is -0.237. The summed E-state index contributed by atoms with van der Waals surface area (Å²) >= 11 is 3.45. The van der Waals surface area contributed by atoms with Crippen molar-refractivity contribution >= 4 is 48.9 Å². The number of rotatable bonds is 10. The highest BCUT2D eigenvalue weighted by Gasteiger charge is 2.22. The molecular weight excluding hydrogens is 468 g/mol. The molecular formula is C21H29BrN4O3S. The zero-order valence-electron chi connectivity index (χ0n) is 17.8. The van der Waals surface area contributed by atoms with Gasteiger partial charge < -0.3 is 16.0 Å². The number of benzene rings is 2. The molecule has 0 saturated carbocycles. The second-order valence-electron chi connectivity index (χ2n) is 6.71.